The highest BCUT2D eigenvalue weighted by Crippen LogP contribution is 2.21. The van der Waals surface area contributed by atoms with Crippen molar-refractivity contribution in [3.8, 4) is 0 Å². The first kappa shape index (κ1) is 17.6. The molecule has 0 amide bonds. The van der Waals surface area contributed by atoms with E-state index in [0.29, 0.717) is 5.92 Å². The first-order valence-electron chi connectivity index (χ1n) is 9.59. The normalized spacial score (nSPS) is 24.3. The lowest BCUT2D eigenvalue weighted by molar-refractivity contribution is 0.129. The second-order valence-electron chi connectivity index (χ2n) is 7.70. The molecular formula is C19H32N4O. The van der Waals surface area contributed by atoms with Crippen molar-refractivity contribution >= 4 is 0 Å². The molecule has 2 aliphatic heterocycles. The molecule has 2 saturated heterocycles. The Balaban J connectivity index is 1.42. The van der Waals surface area contributed by atoms with Crippen LogP contribution in [0.3, 0.4) is 0 Å². The van der Waals surface area contributed by atoms with Crippen LogP contribution in [0.5, 0.6) is 0 Å². The number of hydrogen-bond donors (Lipinski definition) is 0. The van der Waals surface area contributed by atoms with Gasteiger partial charge in [0.25, 0.3) is 5.56 Å². The number of rotatable bonds is 5. The molecule has 0 radical (unpaired) electrons. The van der Waals surface area contributed by atoms with Crippen LogP contribution in [0.15, 0.2) is 16.9 Å². The number of likely N-dealkylation sites (tertiary alicyclic amines) is 2. The zero-order valence-electron chi connectivity index (χ0n) is 15.3. The van der Waals surface area contributed by atoms with Gasteiger partial charge in [-0.3, -0.25) is 4.79 Å². The Morgan fingerprint density at radius 3 is 2.67 bits per heavy atom. The van der Waals surface area contributed by atoms with Crippen LogP contribution < -0.4 is 5.56 Å². The number of nitrogens with zero attached hydrogens (tertiary/aromatic N) is 4. The van der Waals surface area contributed by atoms with Gasteiger partial charge >= 0.3 is 0 Å². The number of aromatic nitrogens is 2. The largest absolute Gasteiger partial charge is 0.303 e. The Bertz CT molecular complexity index is 577. The fourth-order valence-electron chi connectivity index (χ4n) is 4.16. The zero-order valence-corrected chi connectivity index (χ0v) is 15.3. The van der Waals surface area contributed by atoms with Crippen molar-refractivity contribution in [2.24, 2.45) is 5.92 Å². The van der Waals surface area contributed by atoms with Gasteiger partial charge in [0, 0.05) is 18.7 Å². The van der Waals surface area contributed by atoms with Gasteiger partial charge in [-0.2, -0.15) is 5.10 Å². The second-order valence-corrected chi connectivity index (χ2v) is 7.70. The third-order valence-electron chi connectivity index (χ3n) is 5.84. The quantitative estimate of drug-likeness (QED) is 0.828. The van der Waals surface area contributed by atoms with Crippen molar-refractivity contribution in [1.29, 1.82) is 0 Å². The molecule has 0 spiro atoms. The number of hydrogen-bond acceptors (Lipinski definition) is 4. The van der Waals surface area contributed by atoms with Gasteiger partial charge in [0.1, 0.15) is 0 Å². The molecule has 0 aliphatic carbocycles. The van der Waals surface area contributed by atoms with E-state index >= 15 is 0 Å². The standard InChI is InChI=1S/C19H32N4O/c1-16-6-7-19(24)23(20-16)15-17-8-12-22(13-9-17)14-10-18-5-3-4-11-21(18)2/h6-7,17-18H,3-5,8-15H2,1-2H3. The summed E-state index contributed by atoms with van der Waals surface area (Å²) in [4.78, 5) is 17.1. The van der Waals surface area contributed by atoms with Crippen molar-refractivity contribution in [2.45, 2.75) is 58.0 Å². The third-order valence-corrected chi connectivity index (χ3v) is 5.84. The Morgan fingerprint density at radius 1 is 1.12 bits per heavy atom. The third kappa shape index (κ3) is 4.67. The predicted molar refractivity (Wildman–Crippen MR) is 97.3 cm³/mol. The molecule has 2 fully saturated rings. The smallest absolute Gasteiger partial charge is 0.266 e. The van der Waals surface area contributed by atoms with Crippen LogP contribution in [0.1, 0.15) is 44.2 Å². The molecule has 3 rings (SSSR count). The maximum absolute atomic E-state index is 11.9. The molecule has 2 aliphatic rings. The van der Waals surface area contributed by atoms with E-state index in [9.17, 15) is 4.79 Å². The molecule has 1 aromatic heterocycles. The molecule has 0 bridgehead atoms. The average molecular weight is 332 g/mol. The molecule has 24 heavy (non-hydrogen) atoms. The minimum Gasteiger partial charge on any atom is -0.303 e. The highest BCUT2D eigenvalue weighted by Gasteiger charge is 2.23. The summed E-state index contributed by atoms with van der Waals surface area (Å²) in [5.74, 6) is 0.589. The number of aryl methyl sites for hydroxylation is 1. The van der Waals surface area contributed by atoms with Crippen LogP contribution in [-0.2, 0) is 6.54 Å². The Kier molecular flexibility index (Phi) is 6.06. The van der Waals surface area contributed by atoms with Gasteiger partial charge in [-0.1, -0.05) is 6.42 Å². The van der Waals surface area contributed by atoms with E-state index in [4.69, 9.17) is 0 Å². The van der Waals surface area contributed by atoms with Gasteiger partial charge < -0.3 is 9.80 Å². The minimum atomic E-state index is 0.0309. The van der Waals surface area contributed by atoms with Crippen LogP contribution in [0.2, 0.25) is 0 Å². The summed E-state index contributed by atoms with van der Waals surface area (Å²) in [5, 5.41) is 4.38. The van der Waals surface area contributed by atoms with Gasteiger partial charge in [-0.25, -0.2) is 4.68 Å². The lowest BCUT2D eigenvalue weighted by atomic mass is 9.95. The molecule has 3 heterocycles. The fraction of sp³-hybridized carbons (Fsp3) is 0.789. The summed E-state index contributed by atoms with van der Waals surface area (Å²) >= 11 is 0. The van der Waals surface area contributed by atoms with Gasteiger partial charge in [-0.05, 0) is 84.2 Å². The Labute approximate surface area is 145 Å². The maximum atomic E-state index is 11.9. The molecule has 5 nitrogen and oxygen atoms in total. The molecule has 1 unspecified atom stereocenters. The number of piperidine rings is 2. The van der Waals surface area contributed by atoms with E-state index < -0.39 is 0 Å². The minimum absolute atomic E-state index is 0.0309. The van der Waals surface area contributed by atoms with Crippen molar-refractivity contribution in [1.82, 2.24) is 19.6 Å². The summed E-state index contributed by atoms with van der Waals surface area (Å²) in [5.41, 5.74) is 0.951. The van der Waals surface area contributed by atoms with Gasteiger partial charge in [0.15, 0.2) is 0 Å². The molecular weight excluding hydrogens is 300 g/mol. The molecule has 0 aromatic carbocycles. The van der Waals surface area contributed by atoms with E-state index in [-0.39, 0.29) is 5.56 Å². The summed E-state index contributed by atoms with van der Waals surface area (Å²) < 4.78 is 1.66. The van der Waals surface area contributed by atoms with E-state index in [0.717, 1.165) is 18.3 Å². The van der Waals surface area contributed by atoms with Crippen LogP contribution >= 0.6 is 0 Å². The van der Waals surface area contributed by atoms with Crippen molar-refractivity contribution in [3.63, 3.8) is 0 Å². The summed E-state index contributed by atoms with van der Waals surface area (Å²) in [6, 6.07) is 4.22. The van der Waals surface area contributed by atoms with Crippen LogP contribution in [0, 0.1) is 12.8 Å². The molecule has 1 aromatic rings. The maximum Gasteiger partial charge on any atom is 0.266 e. The lowest BCUT2D eigenvalue weighted by Crippen LogP contribution is -2.41. The van der Waals surface area contributed by atoms with Crippen LogP contribution in [0.4, 0.5) is 0 Å². The first-order valence-corrected chi connectivity index (χ1v) is 9.59. The first-order chi connectivity index (χ1) is 11.6. The highest BCUT2D eigenvalue weighted by molar-refractivity contribution is 4.97. The van der Waals surface area contributed by atoms with Crippen molar-refractivity contribution < 1.29 is 0 Å². The summed E-state index contributed by atoms with van der Waals surface area (Å²) in [6.07, 6.45) is 7.81. The topological polar surface area (TPSA) is 41.4 Å². The van der Waals surface area contributed by atoms with E-state index in [1.807, 2.05) is 6.92 Å². The molecule has 0 saturated carbocycles. The summed E-state index contributed by atoms with van der Waals surface area (Å²) in [7, 11) is 2.28. The molecule has 5 heteroatoms. The average Bonchev–Trinajstić information content (AvgIpc) is 2.59. The monoisotopic (exact) mass is 332 g/mol. The highest BCUT2D eigenvalue weighted by atomic mass is 16.1. The van der Waals surface area contributed by atoms with Gasteiger partial charge in [0.2, 0.25) is 0 Å². The van der Waals surface area contributed by atoms with E-state index in [1.165, 1.54) is 64.7 Å². The van der Waals surface area contributed by atoms with Crippen molar-refractivity contribution in [3.05, 3.63) is 28.2 Å². The van der Waals surface area contributed by atoms with Crippen LogP contribution in [-0.4, -0.2) is 58.8 Å². The molecule has 0 N–H and O–H groups in total. The molecule has 1 atom stereocenters. The fourth-order valence-corrected chi connectivity index (χ4v) is 4.16. The Hall–Kier alpha value is -1.20. The van der Waals surface area contributed by atoms with Gasteiger partial charge in [-0.15, -0.1) is 0 Å². The molecule has 134 valence electrons. The second kappa shape index (κ2) is 8.26. The van der Waals surface area contributed by atoms with Crippen LogP contribution in [0.25, 0.3) is 0 Å². The lowest BCUT2D eigenvalue weighted by Gasteiger charge is -2.36. The SMILES string of the molecule is Cc1ccc(=O)n(CC2CCN(CCC3CCCCN3C)CC2)n1. The summed E-state index contributed by atoms with van der Waals surface area (Å²) in [6.45, 7) is 7.55. The van der Waals surface area contributed by atoms with Gasteiger partial charge in [0.05, 0.1) is 5.69 Å². The Morgan fingerprint density at radius 2 is 1.92 bits per heavy atom. The van der Waals surface area contributed by atoms with E-state index in [2.05, 4.69) is 21.9 Å². The zero-order chi connectivity index (χ0) is 16.9. The van der Waals surface area contributed by atoms with Crippen molar-refractivity contribution in [2.75, 3.05) is 33.2 Å². The van der Waals surface area contributed by atoms with E-state index in [1.54, 1.807) is 16.8 Å². The predicted octanol–water partition coefficient (Wildman–Crippen LogP) is 2.14.